The Hall–Kier alpha value is -1.29. The van der Waals surface area contributed by atoms with Gasteiger partial charge < -0.3 is 5.11 Å². The van der Waals surface area contributed by atoms with E-state index < -0.39 is 19.5 Å². The van der Waals surface area contributed by atoms with E-state index in [0.29, 0.717) is 11.7 Å². The molecular weight excluding hydrogens is 312 g/mol. The zero-order valence-electron chi connectivity index (χ0n) is 13.5. The molecule has 22 heavy (non-hydrogen) atoms. The summed E-state index contributed by atoms with van der Waals surface area (Å²) in [6, 6.07) is 16.2. The Morgan fingerprint density at radius 3 is 2.05 bits per heavy atom. The monoisotopic (exact) mass is 335 g/mol. The minimum atomic E-state index is -1.75. The molecule has 0 saturated heterocycles. The predicted octanol–water partition coefficient (Wildman–Crippen LogP) is 4.16. The molecule has 0 aromatic heterocycles. The molecule has 4 heteroatoms. The van der Waals surface area contributed by atoms with Gasteiger partial charge in [-0.2, -0.15) is 0 Å². The second-order valence-electron chi connectivity index (χ2n) is 5.98. The molecule has 0 bridgehead atoms. The Morgan fingerprint density at radius 1 is 1.00 bits per heavy atom. The van der Waals surface area contributed by atoms with E-state index in [4.69, 9.17) is 7.01 Å². The number of hydrogen-bond donors (Lipinski definition) is 2. The van der Waals surface area contributed by atoms with E-state index in [1.165, 1.54) is 11.1 Å². The molecular formula is C18H23O3Ti. The van der Waals surface area contributed by atoms with Crippen LogP contribution in [0, 0.1) is 0 Å². The quantitative estimate of drug-likeness (QED) is 0.828. The Balaban J connectivity index is 0.000000745. The molecule has 2 aromatic carbocycles. The molecule has 3 nitrogen and oxygen atoms in total. The first-order chi connectivity index (χ1) is 10.4. The van der Waals surface area contributed by atoms with E-state index >= 15 is 0 Å². The van der Waals surface area contributed by atoms with Crippen LogP contribution in [0.1, 0.15) is 50.3 Å². The predicted molar refractivity (Wildman–Crippen MR) is 83.7 cm³/mol. The summed E-state index contributed by atoms with van der Waals surface area (Å²) in [7, 11) is 0. The van der Waals surface area contributed by atoms with Crippen LogP contribution >= 0.6 is 0 Å². The van der Waals surface area contributed by atoms with Gasteiger partial charge in [0.2, 0.25) is 0 Å². The number of aromatic hydroxyl groups is 1. The van der Waals surface area contributed by atoms with Crippen LogP contribution in [0.25, 0.3) is 0 Å². The van der Waals surface area contributed by atoms with Crippen molar-refractivity contribution in [3.05, 3.63) is 65.2 Å². The second-order valence-corrected chi connectivity index (χ2v) is 6.26. The molecule has 0 amide bonds. The van der Waals surface area contributed by atoms with Gasteiger partial charge in [0, 0.05) is 11.0 Å². The zero-order chi connectivity index (χ0) is 16.8. The molecule has 0 atom stereocenters. The van der Waals surface area contributed by atoms with Gasteiger partial charge in [0.1, 0.15) is 5.75 Å². The topological polar surface area (TPSA) is 57.5 Å². The number of rotatable bonds is 3. The Bertz CT molecular complexity index is 607. The summed E-state index contributed by atoms with van der Waals surface area (Å²) in [4.78, 5) is 0. The van der Waals surface area contributed by atoms with Crippen molar-refractivity contribution in [3.8, 4) is 5.75 Å². The van der Waals surface area contributed by atoms with Gasteiger partial charge in [-0.15, -0.1) is 0 Å². The number of benzene rings is 2. The van der Waals surface area contributed by atoms with Crippen molar-refractivity contribution < 1.29 is 31.6 Å². The first kappa shape index (κ1) is 18.8. The molecule has 2 aromatic rings. The van der Waals surface area contributed by atoms with Crippen LogP contribution in [0.4, 0.5) is 0 Å². The molecule has 0 aliphatic carbocycles. The van der Waals surface area contributed by atoms with Crippen molar-refractivity contribution in [2.24, 2.45) is 0 Å². The van der Waals surface area contributed by atoms with E-state index in [9.17, 15) is 5.11 Å². The Kier molecular flexibility index (Phi) is 7.14. The molecule has 2 N–H and O–H groups in total. The third-order valence-corrected chi connectivity index (χ3v) is 3.82. The van der Waals surface area contributed by atoms with Crippen LogP contribution in [0.5, 0.6) is 5.75 Å². The van der Waals surface area contributed by atoms with E-state index in [1.807, 2.05) is 24.3 Å². The van der Waals surface area contributed by atoms with Crippen molar-refractivity contribution in [2.75, 3.05) is 0 Å². The van der Waals surface area contributed by atoms with Crippen molar-refractivity contribution in [3.63, 3.8) is 0 Å². The SMILES string of the molecule is CC(C)c1cccc(O)c1C(C)(C)c1ccccc1.[O]=[Ti][OH]. The Labute approximate surface area is 141 Å². The van der Waals surface area contributed by atoms with Crippen LogP contribution in [-0.4, -0.2) is 8.79 Å². The van der Waals surface area contributed by atoms with E-state index in [0.717, 1.165) is 5.56 Å². The fourth-order valence-electron chi connectivity index (χ4n) is 2.72. The first-order valence-electron chi connectivity index (χ1n) is 7.25. The molecule has 0 aliphatic rings. The summed E-state index contributed by atoms with van der Waals surface area (Å²) >= 11 is -1.75. The van der Waals surface area contributed by atoms with Crippen molar-refractivity contribution >= 4 is 0 Å². The molecule has 0 spiro atoms. The summed E-state index contributed by atoms with van der Waals surface area (Å²) in [6.45, 7) is 8.67. The molecule has 2 rings (SSSR count). The average Bonchev–Trinajstić information content (AvgIpc) is 2.48. The molecule has 0 aliphatic heterocycles. The first-order valence-corrected chi connectivity index (χ1v) is 8.59. The third kappa shape index (κ3) is 4.36. The summed E-state index contributed by atoms with van der Waals surface area (Å²) in [5, 5.41) is 10.3. The van der Waals surface area contributed by atoms with Gasteiger partial charge in [-0.05, 0) is 23.1 Å². The maximum absolute atomic E-state index is 10.3. The van der Waals surface area contributed by atoms with Crippen LogP contribution in [-0.2, 0) is 28.2 Å². The Morgan fingerprint density at radius 2 is 1.55 bits per heavy atom. The summed E-state index contributed by atoms with van der Waals surface area (Å²) in [6.07, 6.45) is 0. The molecule has 117 valence electrons. The average molecular weight is 335 g/mol. The van der Waals surface area contributed by atoms with E-state index in [-0.39, 0.29) is 5.41 Å². The van der Waals surface area contributed by atoms with Crippen molar-refractivity contribution in [1.82, 2.24) is 0 Å². The molecule has 0 saturated carbocycles. The minimum absolute atomic E-state index is 0.202. The van der Waals surface area contributed by atoms with Gasteiger partial charge in [-0.3, -0.25) is 0 Å². The van der Waals surface area contributed by atoms with Crippen LogP contribution in [0.3, 0.4) is 0 Å². The van der Waals surface area contributed by atoms with Crippen LogP contribution in [0.15, 0.2) is 48.5 Å². The third-order valence-electron chi connectivity index (χ3n) is 3.82. The maximum atomic E-state index is 10.3. The number of phenolic OH excluding ortho intramolecular Hbond substituents is 1. The molecule has 0 fully saturated rings. The number of phenols is 1. The van der Waals surface area contributed by atoms with Crippen molar-refractivity contribution in [2.45, 2.75) is 39.0 Å². The van der Waals surface area contributed by atoms with E-state index in [2.05, 4.69) is 45.9 Å². The standard InChI is InChI=1S/C18H22O.H2O.O.Ti/c1-13(2)15-11-8-12-16(19)17(15)18(3,4)14-9-6-5-7-10-14;;;/h5-13,19H,1-4H3;1H2;;/q;;;+1/p-1. The summed E-state index contributed by atoms with van der Waals surface area (Å²) in [5.41, 5.74) is 3.27. The molecule has 0 heterocycles. The second kappa shape index (κ2) is 8.37. The fraction of sp³-hybridized carbons (Fsp3) is 0.333. The van der Waals surface area contributed by atoms with Gasteiger partial charge in [-0.1, -0.05) is 70.2 Å². The number of hydrogen-bond acceptors (Lipinski definition) is 2. The molecule has 0 radical (unpaired) electrons. The summed E-state index contributed by atoms with van der Waals surface area (Å²) in [5.74, 6) is 0.783. The van der Waals surface area contributed by atoms with Gasteiger partial charge in [-0.25, -0.2) is 0 Å². The molecule has 0 unspecified atom stereocenters. The van der Waals surface area contributed by atoms with Crippen molar-refractivity contribution in [1.29, 1.82) is 0 Å². The van der Waals surface area contributed by atoms with Gasteiger partial charge in [0.05, 0.1) is 0 Å². The van der Waals surface area contributed by atoms with E-state index in [1.54, 1.807) is 6.07 Å². The summed E-state index contributed by atoms with van der Waals surface area (Å²) < 4.78 is 15.8. The van der Waals surface area contributed by atoms with Gasteiger partial charge in [0.25, 0.3) is 0 Å². The van der Waals surface area contributed by atoms with Crippen LogP contribution < -0.4 is 0 Å². The zero-order valence-corrected chi connectivity index (χ0v) is 15.1. The van der Waals surface area contributed by atoms with Crippen LogP contribution in [0.2, 0.25) is 0 Å². The normalized spacial score (nSPS) is 10.6. The van der Waals surface area contributed by atoms with Gasteiger partial charge in [0.15, 0.2) is 0 Å². The fourth-order valence-corrected chi connectivity index (χ4v) is 2.72. The van der Waals surface area contributed by atoms with Gasteiger partial charge >= 0.3 is 26.5 Å².